The molecule has 0 spiro atoms. The summed E-state index contributed by atoms with van der Waals surface area (Å²) in [6.45, 7) is 0. The average Bonchev–Trinajstić information content (AvgIpc) is 3.82. The van der Waals surface area contributed by atoms with Crippen LogP contribution in [0.25, 0.3) is 116 Å². The Morgan fingerprint density at radius 2 is 0.914 bits per heavy atom. The van der Waals surface area contributed by atoms with Crippen LogP contribution in [0.3, 0.4) is 0 Å². The predicted octanol–water partition coefficient (Wildman–Crippen LogP) is 13.8. The molecule has 58 heavy (non-hydrogen) atoms. The smallest absolute Gasteiger partial charge is 0.167 e. The quantitative estimate of drug-likeness (QED) is 0.176. The molecule has 0 saturated carbocycles. The summed E-state index contributed by atoms with van der Waals surface area (Å²) in [5.74, 6) is 1.72. The molecule has 270 valence electrons. The third kappa shape index (κ3) is 5.21. The lowest BCUT2D eigenvalue weighted by Crippen LogP contribution is -2.01. The zero-order chi connectivity index (χ0) is 38.2. The number of furan rings is 1. The largest absolute Gasteiger partial charge is 0.455 e. The average molecular weight is 741 g/mol. The summed E-state index contributed by atoms with van der Waals surface area (Å²) in [5, 5.41) is 9.10. The lowest BCUT2D eigenvalue weighted by atomic mass is 10.0. The van der Waals surface area contributed by atoms with Gasteiger partial charge in [0.15, 0.2) is 17.5 Å². The SMILES string of the molecule is c1ccc(-c2cccc(-c3nc(-c4ccccc4)nc(-c4cc(-n5c6ccccc6c6cc7ccccc7cc65)cc5c4oc4cc6ccccc6cc45)n3)c2)cc1. The van der Waals surface area contributed by atoms with Gasteiger partial charge in [-0.05, 0) is 81.2 Å². The Bertz CT molecular complexity index is 3570. The Kier molecular flexibility index (Phi) is 7.16. The fourth-order valence-electron chi connectivity index (χ4n) is 8.59. The van der Waals surface area contributed by atoms with Gasteiger partial charge in [0.2, 0.25) is 0 Å². The first-order chi connectivity index (χ1) is 28.7. The molecule has 0 N–H and O–H groups in total. The van der Waals surface area contributed by atoms with Gasteiger partial charge in [0.05, 0.1) is 16.6 Å². The van der Waals surface area contributed by atoms with E-state index in [9.17, 15) is 0 Å². The van der Waals surface area contributed by atoms with Crippen molar-refractivity contribution in [3.8, 4) is 51.0 Å². The van der Waals surface area contributed by atoms with Gasteiger partial charge in [0, 0.05) is 38.4 Å². The molecule has 0 aliphatic carbocycles. The van der Waals surface area contributed by atoms with Crippen molar-refractivity contribution in [1.82, 2.24) is 19.5 Å². The highest BCUT2D eigenvalue weighted by Gasteiger charge is 2.22. The highest BCUT2D eigenvalue weighted by Crippen LogP contribution is 2.42. The molecule has 0 fully saturated rings. The van der Waals surface area contributed by atoms with Crippen LogP contribution in [0.5, 0.6) is 0 Å². The summed E-state index contributed by atoms with van der Waals surface area (Å²) in [6, 6.07) is 68.1. The van der Waals surface area contributed by atoms with E-state index < -0.39 is 0 Å². The number of benzene rings is 9. The first kappa shape index (κ1) is 32.4. The van der Waals surface area contributed by atoms with E-state index in [1.165, 1.54) is 21.5 Å². The molecule has 0 saturated heterocycles. The minimum absolute atomic E-state index is 0.538. The molecule has 3 heterocycles. The maximum Gasteiger partial charge on any atom is 0.167 e. The standard InChI is InChI=1S/C53H32N4O/c1-3-14-33(15-4-1)35-22-13-23-40(26-35)52-54-51(34-16-5-2-6-17-34)55-53(56-52)46-32-41(31-45-44-28-37-19-8-10-21-39(37)30-49(44)58-50(45)46)57-47-25-12-11-24-42(47)43-27-36-18-7-9-20-38(36)29-48(43)57/h1-32H. The molecule has 9 aromatic carbocycles. The van der Waals surface area contributed by atoms with Gasteiger partial charge in [-0.25, -0.2) is 15.0 Å². The maximum absolute atomic E-state index is 6.91. The number of hydrogen-bond donors (Lipinski definition) is 0. The summed E-state index contributed by atoms with van der Waals surface area (Å²) < 4.78 is 9.29. The van der Waals surface area contributed by atoms with Gasteiger partial charge in [-0.2, -0.15) is 0 Å². The Hall–Kier alpha value is -7.89. The molecule has 0 atom stereocenters. The third-order valence-electron chi connectivity index (χ3n) is 11.4. The summed E-state index contributed by atoms with van der Waals surface area (Å²) >= 11 is 0. The first-order valence-electron chi connectivity index (χ1n) is 19.5. The first-order valence-corrected chi connectivity index (χ1v) is 19.5. The molecule has 0 aliphatic rings. The predicted molar refractivity (Wildman–Crippen MR) is 238 cm³/mol. The molecule has 3 aromatic heterocycles. The highest BCUT2D eigenvalue weighted by molar-refractivity contribution is 6.16. The number of para-hydroxylation sites is 1. The molecule has 0 amide bonds. The van der Waals surface area contributed by atoms with Crippen molar-refractivity contribution in [1.29, 1.82) is 0 Å². The van der Waals surface area contributed by atoms with E-state index in [1.807, 2.05) is 36.4 Å². The molecule has 0 aliphatic heterocycles. The fraction of sp³-hybridized carbons (Fsp3) is 0. The number of fused-ring (bicyclic) bond motifs is 8. The second-order valence-electron chi connectivity index (χ2n) is 14.9. The van der Waals surface area contributed by atoms with E-state index in [0.717, 1.165) is 77.2 Å². The molecular formula is C53H32N4O. The third-order valence-corrected chi connectivity index (χ3v) is 11.4. The number of nitrogens with zero attached hydrogens (tertiary/aromatic N) is 4. The van der Waals surface area contributed by atoms with Crippen molar-refractivity contribution in [2.75, 3.05) is 0 Å². The molecular weight excluding hydrogens is 709 g/mol. The van der Waals surface area contributed by atoms with Crippen LogP contribution < -0.4 is 0 Å². The molecule has 12 aromatic rings. The molecule has 12 rings (SSSR count). The summed E-state index contributed by atoms with van der Waals surface area (Å²) in [5.41, 5.74) is 9.61. The Morgan fingerprint density at radius 3 is 1.67 bits per heavy atom. The van der Waals surface area contributed by atoms with Gasteiger partial charge in [0.25, 0.3) is 0 Å². The van der Waals surface area contributed by atoms with Crippen LogP contribution in [0.15, 0.2) is 199 Å². The Balaban J connectivity index is 1.18. The van der Waals surface area contributed by atoms with Crippen LogP contribution >= 0.6 is 0 Å². The summed E-state index contributed by atoms with van der Waals surface area (Å²) in [4.78, 5) is 15.7. The minimum atomic E-state index is 0.538. The molecule has 0 bridgehead atoms. The van der Waals surface area contributed by atoms with E-state index in [-0.39, 0.29) is 0 Å². The van der Waals surface area contributed by atoms with Gasteiger partial charge in [-0.1, -0.05) is 146 Å². The number of rotatable bonds is 5. The lowest BCUT2D eigenvalue weighted by molar-refractivity contribution is 0.670. The lowest BCUT2D eigenvalue weighted by Gasteiger charge is -2.13. The Morgan fingerprint density at radius 1 is 0.345 bits per heavy atom. The maximum atomic E-state index is 6.91. The van der Waals surface area contributed by atoms with Crippen LogP contribution in [-0.2, 0) is 0 Å². The van der Waals surface area contributed by atoms with Crippen molar-refractivity contribution in [2.24, 2.45) is 0 Å². The van der Waals surface area contributed by atoms with E-state index in [2.05, 4.69) is 162 Å². The van der Waals surface area contributed by atoms with Crippen LogP contribution in [0.4, 0.5) is 0 Å². The number of aromatic nitrogens is 4. The molecule has 0 radical (unpaired) electrons. The van der Waals surface area contributed by atoms with Crippen LogP contribution in [0, 0.1) is 0 Å². The van der Waals surface area contributed by atoms with Gasteiger partial charge < -0.3 is 8.98 Å². The Labute approximate surface area is 333 Å². The van der Waals surface area contributed by atoms with Crippen molar-refractivity contribution in [2.45, 2.75) is 0 Å². The summed E-state index contributed by atoms with van der Waals surface area (Å²) in [6.07, 6.45) is 0. The van der Waals surface area contributed by atoms with Gasteiger partial charge >= 0.3 is 0 Å². The van der Waals surface area contributed by atoms with E-state index >= 15 is 0 Å². The topological polar surface area (TPSA) is 56.7 Å². The monoisotopic (exact) mass is 740 g/mol. The van der Waals surface area contributed by atoms with Crippen molar-refractivity contribution >= 4 is 65.3 Å². The van der Waals surface area contributed by atoms with Crippen molar-refractivity contribution in [3.63, 3.8) is 0 Å². The second kappa shape index (κ2) is 12.8. The zero-order valence-electron chi connectivity index (χ0n) is 31.2. The van der Waals surface area contributed by atoms with Gasteiger partial charge in [-0.3, -0.25) is 0 Å². The van der Waals surface area contributed by atoms with E-state index in [4.69, 9.17) is 19.4 Å². The number of hydrogen-bond acceptors (Lipinski definition) is 4. The highest BCUT2D eigenvalue weighted by atomic mass is 16.3. The van der Waals surface area contributed by atoms with Crippen molar-refractivity contribution < 1.29 is 4.42 Å². The van der Waals surface area contributed by atoms with Crippen molar-refractivity contribution in [3.05, 3.63) is 194 Å². The van der Waals surface area contributed by atoms with Crippen LogP contribution in [0.1, 0.15) is 0 Å². The van der Waals surface area contributed by atoms with E-state index in [0.29, 0.717) is 17.5 Å². The molecule has 0 unspecified atom stereocenters. The summed E-state index contributed by atoms with van der Waals surface area (Å²) in [7, 11) is 0. The van der Waals surface area contributed by atoms with Crippen LogP contribution in [-0.4, -0.2) is 19.5 Å². The second-order valence-corrected chi connectivity index (χ2v) is 14.9. The van der Waals surface area contributed by atoms with Crippen LogP contribution in [0.2, 0.25) is 0 Å². The van der Waals surface area contributed by atoms with Gasteiger partial charge in [-0.15, -0.1) is 0 Å². The fourth-order valence-corrected chi connectivity index (χ4v) is 8.59. The van der Waals surface area contributed by atoms with Gasteiger partial charge in [0.1, 0.15) is 11.2 Å². The molecule has 5 heteroatoms. The van der Waals surface area contributed by atoms with E-state index in [1.54, 1.807) is 0 Å². The normalized spacial score (nSPS) is 11.8. The zero-order valence-corrected chi connectivity index (χ0v) is 31.2. The molecule has 5 nitrogen and oxygen atoms in total. The minimum Gasteiger partial charge on any atom is -0.455 e.